The first kappa shape index (κ1) is 17.4. The molecule has 4 nitrogen and oxygen atoms in total. The van der Waals surface area contributed by atoms with Gasteiger partial charge in [0.1, 0.15) is 5.54 Å². The molecule has 1 fully saturated rings. The second kappa shape index (κ2) is 7.99. The van der Waals surface area contributed by atoms with Crippen LogP contribution in [0.3, 0.4) is 0 Å². The van der Waals surface area contributed by atoms with E-state index in [0.717, 1.165) is 51.2 Å². The molecule has 0 radical (unpaired) electrons. The van der Waals surface area contributed by atoms with E-state index in [0.29, 0.717) is 5.92 Å². The van der Waals surface area contributed by atoms with Gasteiger partial charge in [0.25, 0.3) is 0 Å². The predicted molar refractivity (Wildman–Crippen MR) is 84.5 cm³/mol. The van der Waals surface area contributed by atoms with Gasteiger partial charge in [-0.3, -0.25) is 4.79 Å². The number of nitrogens with one attached hydrogen (secondary N) is 1. The number of rotatable bonds is 9. The lowest BCUT2D eigenvalue weighted by molar-refractivity contribution is -0.126. The van der Waals surface area contributed by atoms with Crippen molar-refractivity contribution in [1.29, 1.82) is 0 Å². The van der Waals surface area contributed by atoms with Crippen molar-refractivity contribution < 1.29 is 4.79 Å². The van der Waals surface area contributed by atoms with Crippen LogP contribution in [0.15, 0.2) is 0 Å². The zero-order valence-electron chi connectivity index (χ0n) is 13.7. The van der Waals surface area contributed by atoms with Crippen LogP contribution in [0.4, 0.5) is 0 Å². The first-order chi connectivity index (χ1) is 9.46. The zero-order valence-corrected chi connectivity index (χ0v) is 13.7. The number of likely N-dealkylation sites (N-methyl/N-ethyl adjacent to an activating group) is 1. The molecule has 1 rings (SSSR count). The van der Waals surface area contributed by atoms with Crippen molar-refractivity contribution in [3.8, 4) is 0 Å². The molecule has 0 aliphatic heterocycles. The van der Waals surface area contributed by atoms with Crippen molar-refractivity contribution in [2.24, 2.45) is 17.6 Å². The minimum atomic E-state index is -0.452. The first-order valence-electron chi connectivity index (χ1n) is 8.19. The molecule has 0 saturated heterocycles. The van der Waals surface area contributed by atoms with Crippen LogP contribution in [0.2, 0.25) is 0 Å². The third-order valence-electron chi connectivity index (χ3n) is 4.93. The average molecular weight is 283 g/mol. The van der Waals surface area contributed by atoms with Gasteiger partial charge in [-0.1, -0.05) is 33.6 Å². The molecular weight excluding hydrogens is 250 g/mol. The highest BCUT2D eigenvalue weighted by Crippen LogP contribution is 2.37. The van der Waals surface area contributed by atoms with E-state index in [2.05, 4.69) is 38.0 Å². The topological polar surface area (TPSA) is 58.4 Å². The van der Waals surface area contributed by atoms with Crippen molar-refractivity contribution in [3.05, 3.63) is 0 Å². The molecule has 3 unspecified atom stereocenters. The minimum absolute atomic E-state index is 0.161. The maximum absolute atomic E-state index is 11.9. The summed E-state index contributed by atoms with van der Waals surface area (Å²) in [6.07, 6.45) is 5.40. The third kappa shape index (κ3) is 4.19. The molecule has 118 valence electrons. The van der Waals surface area contributed by atoms with Crippen LogP contribution in [-0.4, -0.2) is 43.0 Å². The van der Waals surface area contributed by atoms with Crippen LogP contribution in [0.25, 0.3) is 0 Å². The summed E-state index contributed by atoms with van der Waals surface area (Å²) in [5, 5.41) is 3.39. The van der Waals surface area contributed by atoms with Crippen molar-refractivity contribution >= 4 is 5.91 Å². The second-order valence-electron chi connectivity index (χ2n) is 6.52. The van der Waals surface area contributed by atoms with Gasteiger partial charge >= 0.3 is 0 Å². The van der Waals surface area contributed by atoms with Gasteiger partial charge in [-0.2, -0.15) is 0 Å². The van der Waals surface area contributed by atoms with Crippen molar-refractivity contribution in [2.75, 3.05) is 26.7 Å². The molecule has 0 aromatic carbocycles. The first-order valence-corrected chi connectivity index (χ1v) is 8.19. The predicted octanol–water partition coefficient (Wildman–Crippen LogP) is 1.99. The van der Waals surface area contributed by atoms with Crippen LogP contribution in [0, 0.1) is 11.8 Å². The molecule has 0 heterocycles. The summed E-state index contributed by atoms with van der Waals surface area (Å²) in [6.45, 7) is 9.57. The Morgan fingerprint density at radius 3 is 2.75 bits per heavy atom. The summed E-state index contributed by atoms with van der Waals surface area (Å²) in [6, 6.07) is 0. The smallest absolute Gasteiger partial charge is 0.238 e. The van der Waals surface area contributed by atoms with Gasteiger partial charge < -0.3 is 16.0 Å². The Morgan fingerprint density at radius 1 is 1.50 bits per heavy atom. The molecule has 3 atom stereocenters. The normalized spacial score (nSPS) is 27.9. The van der Waals surface area contributed by atoms with E-state index in [1.54, 1.807) is 0 Å². The molecule has 0 aromatic rings. The van der Waals surface area contributed by atoms with E-state index in [-0.39, 0.29) is 5.91 Å². The van der Waals surface area contributed by atoms with Gasteiger partial charge in [0.05, 0.1) is 0 Å². The molecule has 1 aliphatic carbocycles. The summed E-state index contributed by atoms with van der Waals surface area (Å²) in [5.74, 6) is 0.962. The monoisotopic (exact) mass is 283 g/mol. The number of carbonyl (C=O) groups excluding carboxylic acids is 1. The summed E-state index contributed by atoms with van der Waals surface area (Å²) in [5.41, 5.74) is 5.25. The van der Waals surface area contributed by atoms with Gasteiger partial charge in [0.15, 0.2) is 0 Å². The lowest BCUT2D eigenvalue weighted by atomic mass is 9.83. The Morgan fingerprint density at radius 2 is 2.20 bits per heavy atom. The van der Waals surface area contributed by atoms with Crippen molar-refractivity contribution in [1.82, 2.24) is 10.2 Å². The Balaban J connectivity index is 2.54. The highest BCUT2D eigenvalue weighted by molar-refractivity contribution is 5.85. The number of nitrogens with two attached hydrogens (primary N) is 1. The fourth-order valence-electron chi connectivity index (χ4n) is 3.56. The largest absolute Gasteiger partial charge is 0.368 e. The number of carbonyl (C=O) groups is 1. The highest BCUT2D eigenvalue weighted by atomic mass is 16.1. The molecule has 20 heavy (non-hydrogen) atoms. The number of hydrogen-bond acceptors (Lipinski definition) is 3. The van der Waals surface area contributed by atoms with Crippen LogP contribution in [0.1, 0.15) is 52.9 Å². The molecule has 1 saturated carbocycles. The van der Waals surface area contributed by atoms with Crippen LogP contribution in [0.5, 0.6) is 0 Å². The summed E-state index contributed by atoms with van der Waals surface area (Å²) in [7, 11) is 2.18. The molecule has 1 aliphatic rings. The van der Waals surface area contributed by atoms with Gasteiger partial charge in [-0.15, -0.1) is 0 Å². The lowest BCUT2D eigenvalue weighted by Gasteiger charge is -2.34. The summed E-state index contributed by atoms with van der Waals surface area (Å²) >= 11 is 0. The Labute approximate surface area is 124 Å². The molecular formula is C16H33N3O. The van der Waals surface area contributed by atoms with E-state index in [1.807, 2.05) is 0 Å². The number of primary amides is 1. The Hall–Kier alpha value is -0.610. The molecule has 0 aromatic heterocycles. The second-order valence-corrected chi connectivity index (χ2v) is 6.52. The quantitative estimate of drug-likeness (QED) is 0.680. The molecule has 0 spiro atoms. The number of nitrogens with zero attached hydrogens (tertiary/aromatic N) is 1. The van der Waals surface area contributed by atoms with E-state index in [1.165, 1.54) is 6.42 Å². The molecule has 4 heteroatoms. The SMILES string of the molecule is CCNC1(C(N)=O)CCCC1CCN(C)CC(C)CC. The van der Waals surface area contributed by atoms with E-state index >= 15 is 0 Å². The fourth-order valence-corrected chi connectivity index (χ4v) is 3.56. The Kier molecular flexibility index (Phi) is 6.96. The summed E-state index contributed by atoms with van der Waals surface area (Å²) < 4.78 is 0. The highest BCUT2D eigenvalue weighted by Gasteiger charge is 2.46. The van der Waals surface area contributed by atoms with Crippen molar-refractivity contribution in [3.63, 3.8) is 0 Å². The van der Waals surface area contributed by atoms with Gasteiger partial charge in [0.2, 0.25) is 5.91 Å². The van der Waals surface area contributed by atoms with Crippen LogP contribution < -0.4 is 11.1 Å². The van der Waals surface area contributed by atoms with E-state index in [4.69, 9.17) is 5.73 Å². The number of hydrogen-bond donors (Lipinski definition) is 2. The maximum Gasteiger partial charge on any atom is 0.238 e. The van der Waals surface area contributed by atoms with E-state index in [9.17, 15) is 4.79 Å². The molecule has 1 amide bonds. The summed E-state index contributed by atoms with van der Waals surface area (Å²) in [4.78, 5) is 14.3. The zero-order chi connectivity index (χ0) is 15.2. The van der Waals surface area contributed by atoms with Crippen LogP contribution in [-0.2, 0) is 4.79 Å². The van der Waals surface area contributed by atoms with Crippen molar-refractivity contribution in [2.45, 2.75) is 58.4 Å². The Bertz CT molecular complexity index is 308. The van der Waals surface area contributed by atoms with Gasteiger partial charge in [-0.05, 0) is 51.2 Å². The molecule has 0 bridgehead atoms. The third-order valence-corrected chi connectivity index (χ3v) is 4.93. The fraction of sp³-hybridized carbons (Fsp3) is 0.938. The minimum Gasteiger partial charge on any atom is -0.368 e. The standard InChI is InChI=1S/C16H33N3O/c1-5-13(3)12-19(4)11-9-14-8-7-10-16(14,15(17)20)18-6-2/h13-14,18H,5-12H2,1-4H3,(H2,17,20). The van der Waals surface area contributed by atoms with Gasteiger partial charge in [0, 0.05) is 6.54 Å². The van der Waals surface area contributed by atoms with E-state index < -0.39 is 5.54 Å². The molecule has 3 N–H and O–H groups in total. The average Bonchev–Trinajstić information content (AvgIpc) is 2.81. The lowest BCUT2D eigenvalue weighted by Crippen LogP contribution is -2.58. The number of amides is 1. The van der Waals surface area contributed by atoms with Gasteiger partial charge in [-0.25, -0.2) is 0 Å². The van der Waals surface area contributed by atoms with Crippen LogP contribution >= 0.6 is 0 Å². The maximum atomic E-state index is 11.9.